The van der Waals surface area contributed by atoms with E-state index in [4.69, 9.17) is 4.74 Å². The summed E-state index contributed by atoms with van der Waals surface area (Å²) in [5.41, 5.74) is 4.98. The maximum atomic E-state index is 13.4. The quantitative estimate of drug-likeness (QED) is 0.202. The van der Waals surface area contributed by atoms with E-state index in [1.807, 2.05) is 24.3 Å². The largest absolute Gasteiger partial charge is 0.497 e. The van der Waals surface area contributed by atoms with Crippen LogP contribution in [-0.2, 0) is 6.42 Å². The SMILES string of the molecule is COc1ccc(C(C)C)c(N2CCCSC2=NC(=O)NC2CCCC2c2ccc(-c3ncn(-c4ccc(CC(F)(F)F)cc4)n3)cc2)c1. The molecule has 0 radical (unpaired) electrons. The van der Waals surface area contributed by atoms with Crippen LogP contribution < -0.4 is 15.0 Å². The molecular weight excluding hydrogens is 637 g/mol. The average Bonchev–Trinajstić information content (AvgIpc) is 3.75. The molecule has 4 aromatic rings. The van der Waals surface area contributed by atoms with Crippen molar-refractivity contribution in [1.82, 2.24) is 20.1 Å². The number of aromatic nitrogens is 3. The number of carbonyl (C=O) groups excluding carboxylic acids is 1. The van der Waals surface area contributed by atoms with Gasteiger partial charge in [-0.25, -0.2) is 14.5 Å². The molecule has 1 aromatic heterocycles. The van der Waals surface area contributed by atoms with Crippen molar-refractivity contribution in [3.63, 3.8) is 0 Å². The lowest BCUT2D eigenvalue weighted by atomic mass is 9.93. The Morgan fingerprint density at radius 3 is 2.54 bits per heavy atom. The van der Waals surface area contributed by atoms with E-state index in [0.717, 1.165) is 60.5 Å². The number of anilines is 1. The van der Waals surface area contributed by atoms with Gasteiger partial charge in [0.05, 0.1) is 19.2 Å². The Bertz CT molecular complexity index is 1750. The number of thioether (sulfide) groups is 1. The number of rotatable bonds is 8. The number of methoxy groups -OCH3 is 1. The van der Waals surface area contributed by atoms with Gasteiger partial charge in [0.15, 0.2) is 11.0 Å². The van der Waals surface area contributed by atoms with E-state index in [2.05, 4.69) is 57.3 Å². The van der Waals surface area contributed by atoms with Crippen molar-refractivity contribution in [1.29, 1.82) is 0 Å². The molecule has 1 saturated carbocycles. The van der Waals surface area contributed by atoms with Crippen molar-refractivity contribution in [2.24, 2.45) is 4.99 Å². The van der Waals surface area contributed by atoms with Gasteiger partial charge in [0.2, 0.25) is 0 Å². The van der Waals surface area contributed by atoms with Gasteiger partial charge in [-0.3, -0.25) is 0 Å². The Morgan fingerprint density at radius 1 is 1.06 bits per heavy atom. The van der Waals surface area contributed by atoms with Crippen LogP contribution in [0, 0.1) is 0 Å². The predicted molar refractivity (Wildman–Crippen MR) is 184 cm³/mol. The van der Waals surface area contributed by atoms with E-state index in [0.29, 0.717) is 22.6 Å². The number of ether oxygens (including phenoxy) is 1. The van der Waals surface area contributed by atoms with Gasteiger partial charge in [0, 0.05) is 41.6 Å². The highest BCUT2D eigenvalue weighted by molar-refractivity contribution is 8.14. The highest BCUT2D eigenvalue weighted by Crippen LogP contribution is 2.37. The third-order valence-corrected chi connectivity index (χ3v) is 9.92. The number of carbonyl (C=O) groups is 1. The molecule has 12 heteroatoms. The summed E-state index contributed by atoms with van der Waals surface area (Å²) in [6.07, 6.45) is 0.165. The Kier molecular flexibility index (Phi) is 10.1. The lowest BCUT2D eigenvalue weighted by Gasteiger charge is -2.32. The van der Waals surface area contributed by atoms with Gasteiger partial charge in [0.25, 0.3) is 0 Å². The highest BCUT2D eigenvalue weighted by Gasteiger charge is 2.31. The number of nitrogens with zero attached hydrogens (tertiary/aromatic N) is 5. The zero-order chi connectivity index (χ0) is 33.8. The molecular formula is C36H39F3N6O2S. The standard InChI is InChI=1S/C36H39F3N6O2S/c1-23(2)29-17-16-28(47-3)20-32(29)44-18-5-19-48-35(44)42-34(46)41-31-7-4-6-30(31)25-10-12-26(13-11-25)33-40-22-45(43-33)27-14-8-24(9-15-27)21-36(37,38)39/h8-17,20,22-23,30-31H,4-7,18-19,21H2,1-3H3,(H,41,46). The van der Waals surface area contributed by atoms with Gasteiger partial charge >= 0.3 is 12.2 Å². The molecule has 3 aromatic carbocycles. The van der Waals surface area contributed by atoms with E-state index in [-0.39, 0.29) is 23.6 Å². The van der Waals surface area contributed by atoms with Crippen molar-refractivity contribution in [3.05, 3.63) is 89.7 Å². The maximum absolute atomic E-state index is 13.4. The van der Waals surface area contributed by atoms with Gasteiger partial charge in [-0.2, -0.15) is 18.2 Å². The third-order valence-electron chi connectivity index (χ3n) is 8.85. The maximum Gasteiger partial charge on any atom is 0.393 e. The summed E-state index contributed by atoms with van der Waals surface area (Å²) in [7, 11) is 1.66. The smallest absolute Gasteiger partial charge is 0.393 e. The summed E-state index contributed by atoms with van der Waals surface area (Å²) >= 11 is 1.61. The molecule has 1 aliphatic heterocycles. The van der Waals surface area contributed by atoms with E-state index >= 15 is 0 Å². The van der Waals surface area contributed by atoms with Crippen LogP contribution in [0.1, 0.15) is 68.1 Å². The van der Waals surface area contributed by atoms with Crippen molar-refractivity contribution in [3.8, 4) is 22.8 Å². The van der Waals surface area contributed by atoms with Crippen LogP contribution >= 0.6 is 11.8 Å². The minimum absolute atomic E-state index is 0.0320. The lowest BCUT2D eigenvalue weighted by molar-refractivity contribution is -0.127. The summed E-state index contributed by atoms with van der Waals surface area (Å²) in [6, 6.07) is 19.9. The zero-order valence-corrected chi connectivity index (χ0v) is 28.0. The van der Waals surface area contributed by atoms with Gasteiger partial charge in [-0.15, -0.1) is 5.10 Å². The molecule has 0 spiro atoms. The van der Waals surface area contributed by atoms with Crippen molar-refractivity contribution in [2.45, 2.75) is 70.0 Å². The molecule has 1 aliphatic carbocycles. The molecule has 1 saturated heterocycles. The Balaban J connectivity index is 1.13. The van der Waals surface area contributed by atoms with Crippen molar-refractivity contribution >= 4 is 28.6 Å². The van der Waals surface area contributed by atoms with Crippen LogP contribution in [0.3, 0.4) is 0 Å². The first-order chi connectivity index (χ1) is 23.1. The molecule has 2 amide bonds. The van der Waals surface area contributed by atoms with Crippen LogP contribution in [0.5, 0.6) is 5.75 Å². The Hall–Kier alpha value is -4.32. The molecule has 6 rings (SSSR count). The normalized spacial score (nSPS) is 19.2. The monoisotopic (exact) mass is 676 g/mol. The predicted octanol–water partition coefficient (Wildman–Crippen LogP) is 8.52. The first-order valence-electron chi connectivity index (χ1n) is 16.2. The first kappa shape index (κ1) is 33.6. The molecule has 2 aliphatic rings. The number of hydrogen-bond acceptors (Lipinski definition) is 5. The Morgan fingerprint density at radius 2 is 1.83 bits per heavy atom. The fourth-order valence-electron chi connectivity index (χ4n) is 6.45. The van der Waals surface area contributed by atoms with E-state index < -0.39 is 12.6 Å². The summed E-state index contributed by atoms with van der Waals surface area (Å²) in [5.74, 6) is 2.65. The number of amidine groups is 1. The molecule has 2 heterocycles. The van der Waals surface area contributed by atoms with E-state index in [9.17, 15) is 18.0 Å². The van der Waals surface area contributed by atoms with Crippen LogP contribution in [0.2, 0.25) is 0 Å². The molecule has 0 bridgehead atoms. The molecule has 2 atom stereocenters. The molecule has 2 fully saturated rings. The van der Waals surface area contributed by atoms with Crippen LogP contribution in [0.4, 0.5) is 23.7 Å². The number of amides is 2. The second-order valence-electron chi connectivity index (χ2n) is 12.5. The second kappa shape index (κ2) is 14.4. The van der Waals surface area contributed by atoms with Gasteiger partial charge in [-0.05, 0) is 60.1 Å². The number of alkyl halides is 3. The number of nitrogens with one attached hydrogen (secondary N) is 1. The summed E-state index contributed by atoms with van der Waals surface area (Å²) in [4.78, 5) is 24.5. The number of hydrogen-bond donors (Lipinski definition) is 1. The molecule has 252 valence electrons. The highest BCUT2D eigenvalue weighted by atomic mass is 32.2. The van der Waals surface area contributed by atoms with E-state index in [1.54, 1.807) is 42.0 Å². The van der Waals surface area contributed by atoms with Crippen molar-refractivity contribution < 1.29 is 22.7 Å². The summed E-state index contributed by atoms with van der Waals surface area (Å²) in [5, 5.41) is 8.46. The molecule has 48 heavy (non-hydrogen) atoms. The number of benzene rings is 3. The van der Waals surface area contributed by atoms with Crippen molar-refractivity contribution in [2.75, 3.05) is 24.3 Å². The third kappa shape index (κ3) is 7.86. The molecule has 2 unspecified atom stereocenters. The molecule has 1 N–H and O–H groups in total. The van der Waals surface area contributed by atoms with Gasteiger partial charge in [0.1, 0.15) is 12.1 Å². The number of halogens is 3. The summed E-state index contributed by atoms with van der Waals surface area (Å²) in [6.45, 7) is 5.11. The fraction of sp³-hybridized carbons (Fsp3) is 0.389. The van der Waals surface area contributed by atoms with Gasteiger partial charge in [-0.1, -0.05) is 74.5 Å². The average molecular weight is 677 g/mol. The van der Waals surface area contributed by atoms with Crippen LogP contribution in [0.25, 0.3) is 17.1 Å². The van der Waals surface area contributed by atoms with E-state index in [1.165, 1.54) is 17.7 Å². The Labute approximate surface area is 282 Å². The minimum Gasteiger partial charge on any atom is -0.497 e. The summed E-state index contributed by atoms with van der Waals surface area (Å²) < 4.78 is 45.2. The van der Waals surface area contributed by atoms with Crippen LogP contribution in [-0.4, -0.2) is 57.6 Å². The first-order valence-corrected chi connectivity index (χ1v) is 17.2. The minimum atomic E-state index is -4.25. The molecule has 8 nitrogen and oxygen atoms in total. The fourth-order valence-corrected chi connectivity index (χ4v) is 7.40. The number of urea groups is 1. The van der Waals surface area contributed by atoms with Gasteiger partial charge < -0.3 is 15.0 Å². The zero-order valence-electron chi connectivity index (χ0n) is 27.2. The topological polar surface area (TPSA) is 84.6 Å². The number of aliphatic imine (C=N–C) groups is 1. The second-order valence-corrected chi connectivity index (χ2v) is 13.6. The lowest BCUT2D eigenvalue weighted by Crippen LogP contribution is -2.39. The van der Waals surface area contributed by atoms with Crippen LogP contribution in [0.15, 0.2) is 78.0 Å².